The second kappa shape index (κ2) is 7.57. The average Bonchev–Trinajstić information content (AvgIpc) is 2.57. The number of amides is 2. The predicted molar refractivity (Wildman–Crippen MR) is 88.5 cm³/mol. The zero-order valence-corrected chi connectivity index (χ0v) is 14.1. The number of fused-ring (bicyclic) bond motifs is 1. The molecule has 1 aliphatic heterocycles. The number of carbonyl (C=O) groups excluding carboxylic acids is 3. The van der Waals surface area contributed by atoms with Crippen LogP contribution in [0, 0.1) is 12.3 Å². The molecule has 2 amide bonds. The van der Waals surface area contributed by atoms with Crippen LogP contribution in [0.25, 0.3) is 0 Å². The van der Waals surface area contributed by atoms with Gasteiger partial charge in [0.25, 0.3) is 5.91 Å². The van der Waals surface area contributed by atoms with E-state index in [2.05, 4.69) is 16.0 Å². The first-order chi connectivity index (χ1) is 11.9. The number of hydrogen-bond acceptors (Lipinski definition) is 6. The highest BCUT2D eigenvalue weighted by Crippen LogP contribution is 2.39. The lowest BCUT2D eigenvalue weighted by Crippen LogP contribution is -2.47. The molecule has 1 atom stereocenters. The Morgan fingerprint density at radius 3 is 2.76 bits per heavy atom. The number of methoxy groups -OCH3 is 1. The Balaban J connectivity index is 2.35. The van der Waals surface area contributed by atoms with Gasteiger partial charge in [-0.15, -0.1) is 6.42 Å². The highest BCUT2D eigenvalue weighted by Gasteiger charge is 2.32. The highest BCUT2D eigenvalue weighted by atomic mass is 16.5. The zero-order chi connectivity index (χ0) is 18.6. The van der Waals surface area contributed by atoms with Crippen molar-refractivity contribution in [2.24, 2.45) is 0 Å². The second-order valence-corrected chi connectivity index (χ2v) is 5.22. The molecule has 1 aliphatic rings. The smallest absolute Gasteiger partial charge is 0.406 e. The van der Waals surface area contributed by atoms with Crippen LogP contribution in [0.3, 0.4) is 0 Å². The van der Waals surface area contributed by atoms with E-state index in [1.807, 2.05) is 0 Å². The van der Waals surface area contributed by atoms with Crippen molar-refractivity contribution >= 4 is 23.7 Å². The van der Waals surface area contributed by atoms with E-state index in [0.717, 1.165) is 0 Å². The van der Waals surface area contributed by atoms with Gasteiger partial charge < -0.3 is 24.4 Å². The number of nitrogens with one attached hydrogen (secondary N) is 1. The SMILES string of the molecule is C#Cc1cc2c(cc1OC(C)=O)N(CCNC(=O)OC)C(=O)C(C)O2. The molecule has 8 heteroatoms. The molecule has 1 heterocycles. The Bertz CT molecular complexity index is 752. The number of nitrogens with zero attached hydrogens (tertiary/aromatic N) is 1. The normalized spacial score (nSPS) is 15.5. The molecule has 8 nitrogen and oxygen atoms in total. The molecule has 0 bridgehead atoms. The number of carbonyl (C=O) groups is 3. The van der Waals surface area contributed by atoms with E-state index in [-0.39, 0.29) is 24.7 Å². The fourth-order valence-corrected chi connectivity index (χ4v) is 2.36. The summed E-state index contributed by atoms with van der Waals surface area (Å²) in [6, 6.07) is 3.02. The van der Waals surface area contributed by atoms with Crippen LogP contribution in [0.15, 0.2) is 12.1 Å². The van der Waals surface area contributed by atoms with Gasteiger partial charge in [0.2, 0.25) is 0 Å². The molecule has 0 fully saturated rings. The number of alkyl carbamates (subject to hydrolysis) is 1. The van der Waals surface area contributed by atoms with Gasteiger partial charge in [-0.25, -0.2) is 4.79 Å². The lowest BCUT2D eigenvalue weighted by molar-refractivity contribution is -0.131. The molecule has 1 unspecified atom stereocenters. The molecule has 2 rings (SSSR count). The van der Waals surface area contributed by atoms with Crippen molar-refractivity contribution in [3.63, 3.8) is 0 Å². The van der Waals surface area contributed by atoms with E-state index in [9.17, 15) is 14.4 Å². The van der Waals surface area contributed by atoms with Gasteiger partial charge in [0.1, 0.15) is 11.5 Å². The molecule has 132 valence electrons. The van der Waals surface area contributed by atoms with Crippen LogP contribution in [0.1, 0.15) is 19.4 Å². The Hall–Kier alpha value is -3.21. The van der Waals surface area contributed by atoms with E-state index in [1.54, 1.807) is 6.92 Å². The maximum atomic E-state index is 12.4. The average molecular weight is 346 g/mol. The summed E-state index contributed by atoms with van der Waals surface area (Å²) in [5.74, 6) is 2.15. The van der Waals surface area contributed by atoms with E-state index in [4.69, 9.17) is 15.9 Å². The summed E-state index contributed by atoms with van der Waals surface area (Å²) < 4.78 is 15.2. The molecule has 1 N–H and O–H groups in total. The summed E-state index contributed by atoms with van der Waals surface area (Å²) in [7, 11) is 1.25. The van der Waals surface area contributed by atoms with Crippen LogP contribution in [0.4, 0.5) is 10.5 Å². The topological polar surface area (TPSA) is 94.2 Å². The molecular weight excluding hydrogens is 328 g/mol. The summed E-state index contributed by atoms with van der Waals surface area (Å²) in [5.41, 5.74) is 0.744. The number of ether oxygens (including phenoxy) is 3. The number of esters is 1. The maximum Gasteiger partial charge on any atom is 0.406 e. The van der Waals surface area contributed by atoms with Crippen LogP contribution in [-0.2, 0) is 14.3 Å². The Labute approximate surface area is 145 Å². The van der Waals surface area contributed by atoms with E-state index in [0.29, 0.717) is 17.0 Å². The lowest BCUT2D eigenvalue weighted by atomic mass is 10.1. The molecule has 25 heavy (non-hydrogen) atoms. The molecule has 0 aromatic heterocycles. The Morgan fingerprint density at radius 1 is 1.44 bits per heavy atom. The van der Waals surface area contributed by atoms with E-state index in [1.165, 1.54) is 31.1 Å². The lowest BCUT2D eigenvalue weighted by Gasteiger charge is -2.33. The van der Waals surface area contributed by atoms with Crippen LogP contribution in [0.5, 0.6) is 11.5 Å². The van der Waals surface area contributed by atoms with Gasteiger partial charge in [-0.2, -0.15) is 0 Å². The minimum absolute atomic E-state index is 0.158. The molecule has 0 spiro atoms. The molecular formula is C17H18N2O6. The standard InChI is InChI=1S/C17H18N2O6/c1-5-12-8-15-13(9-14(12)25-11(3)20)19(16(21)10(2)24-15)7-6-18-17(22)23-4/h1,8-10H,6-7H2,2-4H3,(H,18,22). The number of rotatable bonds is 4. The van der Waals surface area contributed by atoms with Gasteiger partial charge in [0.05, 0.1) is 18.4 Å². The predicted octanol–water partition coefficient (Wildman–Crippen LogP) is 1.06. The van der Waals surface area contributed by atoms with Gasteiger partial charge in [-0.05, 0) is 6.92 Å². The summed E-state index contributed by atoms with van der Waals surface area (Å²) >= 11 is 0. The van der Waals surface area contributed by atoms with Crippen LogP contribution >= 0.6 is 0 Å². The zero-order valence-electron chi connectivity index (χ0n) is 14.1. The third-order valence-corrected chi connectivity index (χ3v) is 3.47. The third kappa shape index (κ3) is 4.01. The number of anilines is 1. The van der Waals surface area contributed by atoms with Gasteiger partial charge in [0.15, 0.2) is 6.10 Å². The first-order valence-electron chi connectivity index (χ1n) is 7.50. The van der Waals surface area contributed by atoms with Crippen molar-refractivity contribution in [3.05, 3.63) is 17.7 Å². The summed E-state index contributed by atoms with van der Waals surface area (Å²) in [6.07, 6.45) is 4.13. The van der Waals surface area contributed by atoms with Crippen molar-refractivity contribution in [3.8, 4) is 23.8 Å². The molecule has 1 aromatic carbocycles. The van der Waals surface area contributed by atoms with Gasteiger partial charge in [0, 0.05) is 32.1 Å². The quantitative estimate of drug-likeness (QED) is 0.498. The first-order valence-corrected chi connectivity index (χ1v) is 7.50. The molecule has 0 saturated heterocycles. The van der Waals surface area contributed by atoms with Gasteiger partial charge in [-0.1, -0.05) is 5.92 Å². The van der Waals surface area contributed by atoms with Crippen molar-refractivity contribution in [1.29, 1.82) is 0 Å². The fourth-order valence-electron chi connectivity index (χ4n) is 2.36. The monoisotopic (exact) mass is 346 g/mol. The summed E-state index contributed by atoms with van der Waals surface area (Å²) in [4.78, 5) is 36.3. The minimum atomic E-state index is -0.712. The van der Waals surface area contributed by atoms with Crippen LogP contribution in [0.2, 0.25) is 0 Å². The fraction of sp³-hybridized carbons (Fsp3) is 0.353. The third-order valence-electron chi connectivity index (χ3n) is 3.47. The molecule has 0 radical (unpaired) electrons. The first kappa shape index (κ1) is 18.1. The van der Waals surface area contributed by atoms with Crippen molar-refractivity contribution in [2.45, 2.75) is 20.0 Å². The molecule has 0 saturated carbocycles. The number of terminal acetylenes is 1. The van der Waals surface area contributed by atoms with E-state index >= 15 is 0 Å². The van der Waals surface area contributed by atoms with Crippen molar-refractivity contribution in [2.75, 3.05) is 25.1 Å². The maximum absolute atomic E-state index is 12.4. The van der Waals surface area contributed by atoms with Gasteiger partial charge >= 0.3 is 12.1 Å². The molecule has 1 aromatic rings. The largest absolute Gasteiger partial charge is 0.479 e. The van der Waals surface area contributed by atoms with Crippen molar-refractivity contribution in [1.82, 2.24) is 5.32 Å². The summed E-state index contributed by atoms with van der Waals surface area (Å²) in [6.45, 7) is 3.22. The second-order valence-electron chi connectivity index (χ2n) is 5.22. The highest BCUT2D eigenvalue weighted by molar-refractivity contribution is 6.00. The van der Waals surface area contributed by atoms with Gasteiger partial charge in [-0.3, -0.25) is 9.59 Å². The summed E-state index contributed by atoms with van der Waals surface area (Å²) in [5, 5.41) is 2.50. The Morgan fingerprint density at radius 2 is 2.16 bits per heavy atom. The molecule has 0 aliphatic carbocycles. The van der Waals surface area contributed by atoms with E-state index < -0.39 is 18.2 Å². The minimum Gasteiger partial charge on any atom is -0.479 e. The van der Waals surface area contributed by atoms with Crippen molar-refractivity contribution < 1.29 is 28.6 Å². The van der Waals surface area contributed by atoms with Crippen LogP contribution < -0.4 is 19.7 Å². The van der Waals surface area contributed by atoms with Crippen LogP contribution in [-0.4, -0.2) is 44.3 Å². The Kier molecular flexibility index (Phi) is 5.49. The number of benzene rings is 1. The number of hydrogen-bond donors (Lipinski definition) is 1.